The molecule has 3 aliphatic rings. The van der Waals surface area contributed by atoms with Crippen LogP contribution in [0, 0.1) is 11.8 Å². The van der Waals surface area contributed by atoms with E-state index in [1.165, 1.54) is 5.56 Å². The summed E-state index contributed by atoms with van der Waals surface area (Å²) >= 11 is 0. The number of amides is 1. The monoisotopic (exact) mass is 344 g/mol. The molecule has 1 aromatic carbocycles. The minimum atomic E-state index is 0.108. The lowest BCUT2D eigenvalue weighted by Crippen LogP contribution is -2.42. The number of fused-ring (bicyclic) bond motifs is 1. The Labute approximate surface area is 149 Å². The van der Waals surface area contributed by atoms with E-state index in [1.807, 2.05) is 12.1 Å². The second kappa shape index (κ2) is 7.34. The number of hydrogen-bond acceptors (Lipinski definition) is 4. The first-order valence-corrected chi connectivity index (χ1v) is 9.48. The summed E-state index contributed by atoms with van der Waals surface area (Å²) in [6, 6.07) is 8.68. The lowest BCUT2D eigenvalue weighted by atomic mass is 9.83. The highest BCUT2D eigenvalue weighted by Crippen LogP contribution is 2.36. The third-order valence-electron chi connectivity index (χ3n) is 5.79. The molecule has 5 heteroatoms. The largest absolute Gasteiger partial charge is 0.496 e. The molecule has 3 atom stereocenters. The van der Waals surface area contributed by atoms with Crippen molar-refractivity contribution in [1.29, 1.82) is 0 Å². The summed E-state index contributed by atoms with van der Waals surface area (Å²) in [4.78, 5) is 14.6. The van der Waals surface area contributed by atoms with Crippen LogP contribution in [-0.2, 0) is 16.1 Å². The maximum absolute atomic E-state index is 12.1. The van der Waals surface area contributed by atoms with Crippen LogP contribution in [0.15, 0.2) is 24.3 Å². The molecule has 2 heterocycles. The van der Waals surface area contributed by atoms with E-state index in [0.29, 0.717) is 24.3 Å². The molecule has 25 heavy (non-hydrogen) atoms. The van der Waals surface area contributed by atoms with Crippen molar-refractivity contribution in [2.45, 2.75) is 44.4 Å². The molecule has 3 fully saturated rings. The zero-order valence-corrected chi connectivity index (χ0v) is 14.9. The van der Waals surface area contributed by atoms with Crippen LogP contribution in [0.1, 0.15) is 31.2 Å². The minimum absolute atomic E-state index is 0.108. The number of ether oxygens (including phenoxy) is 2. The number of para-hydroxylation sites is 1. The van der Waals surface area contributed by atoms with Crippen molar-refractivity contribution in [1.82, 2.24) is 10.2 Å². The minimum Gasteiger partial charge on any atom is -0.496 e. The van der Waals surface area contributed by atoms with Gasteiger partial charge in [-0.15, -0.1) is 0 Å². The number of likely N-dealkylation sites (tertiary alicyclic amines) is 1. The Kier molecular flexibility index (Phi) is 4.95. The average molecular weight is 344 g/mol. The van der Waals surface area contributed by atoms with Crippen LogP contribution in [0.2, 0.25) is 0 Å². The highest BCUT2D eigenvalue weighted by atomic mass is 16.5. The van der Waals surface area contributed by atoms with E-state index >= 15 is 0 Å². The van der Waals surface area contributed by atoms with Gasteiger partial charge in [-0.25, -0.2) is 0 Å². The number of hydrogen-bond donors (Lipinski definition) is 1. The summed E-state index contributed by atoms with van der Waals surface area (Å²) in [6.45, 7) is 3.81. The van der Waals surface area contributed by atoms with E-state index in [4.69, 9.17) is 9.47 Å². The first kappa shape index (κ1) is 16.9. The van der Waals surface area contributed by atoms with Crippen LogP contribution in [0.25, 0.3) is 0 Å². The Morgan fingerprint density at radius 3 is 2.96 bits per heavy atom. The van der Waals surface area contributed by atoms with Gasteiger partial charge >= 0.3 is 0 Å². The van der Waals surface area contributed by atoms with Gasteiger partial charge in [-0.05, 0) is 37.8 Å². The van der Waals surface area contributed by atoms with Crippen LogP contribution < -0.4 is 10.1 Å². The van der Waals surface area contributed by atoms with Gasteiger partial charge in [0.15, 0.2) is 0 Å². The smallest absolute Gasteiger partial charge is 0.222 e. The van der Waals surface area contributed by atoms with Crippen molar-refractivity contribution >= 4 is 5.91 Å². The van der Waals surface area contributed by atoms with Crippen molar-refractivity contribution in [3.8, 4) is 5.75 Å². The summed E-state index contributed by atoms with van der Waals surface area (Å²) in [7, 11) is 1.73. The van der Waals surface area contributed by atoms with Crippen LogP contribution in [0.3, 0.4) is 0 Å². The van der Waals surface area contributed by atoms with Crippen LogP contribution in [-0.4, -0.2) is 49.8 Å². The van der Waals surface area contributed by atoms with E-state index < -0.39 is 0 Å². The van der Waals surface area contributed by atoms with Crippen molar-refractivity contribution in [2.24, 2.45) is 11.8 Å². The van der Waals surface area contributed by atoms with E-state index in [-0.39, 0.29) is 12.0 Å². The summed E-state index contributed by atoms with van der Waals surface area (Å²) in [5.74, 6) is 2.20. The molecule has 4 rings (SSSR count). The van der Waals surface area contributed by atoms with E-state index in [1.54, 1.807) is 7.11 Å². The average Bonchev–Trinajstić information content (AvgIpc) is 3.35. The van der Waals surface area contributed by atoms with Crippen LogP contribution in [0.5, 0.6) is 5.75 Å². The van der Waals surface area contributed by atoms with E-state index in [2.05, 4.69) is 22.3 Å². The molecule has 136 valence electrons. The molecule has 0 unspecified atom stereocenters. The first-order valence-electron chi connectivity index (χ1n) is 9.48. The third kappa shape index (κ3) is 3.98. The van der Waals surface area contributed by atoms with Gasteiger partial charge in [0.1, 0.15) is 5.75 Å². The maximum atomic E-state index is 12.1. The highest BCUT2D eigenvalue weighted by Gasteiger charge is 2.41. The molecule has 0 bridgehead atoms. The lowest BCUT2D eigenvalue weighted by molar-refractivity contribution is -0.123. The van der Waals surface area contributed by atoms with Crippen molar-refractivity contribution < 1.29 is 14.3 Å². The standard InChI is InChI=1S/C20H28N2O3/c1-24-18-5-3-2-4-14(18)11-22-9-8-17-15(12-22)13-25-19(17)10-20(23)21-16-6-7-16/h2-5,15-17,19H,6-13H2,1H3,(H,21,23)/t15-,17+,19+/m1/s1. The molecule has 5 nitrogen and oxygen atoms in total. The summed E-state index contributed by atoms with van der Waals surface area (Å²) in [5.41, 5.74) is 1.24. The second-order valence-electron chi connectivity index (χ2n) is 7.68. The number of piperidine rings is 1. The Hall–Kier alpha value is -1.59. The SMILES string of the molecule is COc1ccccc1CN1CC[C@H]2[C@@H](CO[C@H]2CC(=O)NC2CC2)C1. The number of carbonyl (C=O) groups is 1. The summed E-state index contributed by atoms with van der Waals surface area (Å²) in [6.07, 6.45) is 4.03. The molecule has 1 amide bonds. The number of methoxy groups -OCH3 is 1. The molecule has 0 radical (unpaired) electrons. The molecule has 1 saturated carbocycles. The Balaban J connectivity index is 1.31. The third-order valence-corrected chi connectivity index (χ3v) is 5.79. The predicted octanol–water partition coefficient (Wildman–Crippen LogP) is 2.20. The van der Waals surface area contributed by atoms with E-state index in [0.717, 1.165) is 51.3 Å². The Bertz CT molecular complexity index is 617. The zero-order chi connectivity index (χ0) is 17.2. The molecule has 0 aromatic heterocycles. The molecular formula is C20H28N2O3. The van der Waals surface area contributed by atoms with Gasteiger partial charge in [0.05, 0.1) is 26.2 Å². The van der Waals surface area contributed by atoms with Gasteiger partial charge in [0, 0.05) is 30.6 Å². The number of nitrogens with zero attached hydrogens (tertiary/aromatic N) is 1. The number of rotatable bonds is 6. The molecular weight excluding hydrogens is 316 g/mol. The summed E-state index contributed by atoms with van der Waals surface area (Å²) in [5, 5.41) is 3.09. The van der Waals surface area contributed by atoms with Gasteiger partial charge in [-0.3, -0.25) is 9.69 Å². The molecule has 1 N–H and O–H groups in total. The molecule has 0 spiro atoms. The molecule has 2 aliphatic heterocycles. The van der Waals surface area contributed by atoms with Crippen molar-refractivity contribution in [3.63, 3.8) is 0 Å². The second-order valence-corrected chi connectivity index (χ2v) is 7.68. The van der Waals surface area contributed by atoms with Gasteiger partial charge in [0.2, 0.25) is 5.91 Å². The zero-order valence-electron chi connectivity index (χ0n) is 14.9. The van der Waals surface area contributed by atoms with Crippen molar-refractivity contribution in [2.75, 3.05) is 26.8 Å². The maximum Gasteiger partial charge on any atom is 0.222 e. The fraction of sp³-hybridized carbons (Fsp3) is 0.650. The van der Waals surface area contributed by atoms with E-state index in [9.17, 15) is 4.79 Å². The molecule has 1 aromatic rings. The number of nitrogens with one attached hydrogen (secondary N) is 1. The topological polar surface area (TPSA) is 50.8 Å². The Morgan fingerprint density at radius 2 is 2.16 bits per heavy atom. The molecule has 2 saturated heterocycles. The quantitative estimate of drug-likeness (QED) is 0.860. The summed E-state index contributed by atoms with van der Waals surface area (Å²) < 4.78 is 11.5. The highest BCUT2D eigenvalue weighted by molar-refractivity contribution is 5.77. The normalized spacial score (nSPS) is 29.2. The van der Waals surface area contributed by atoms with Gasteiger partial charge in [-0.1, -0.05) is 18.2 Å². The number of benzene rings is 1. The first-order chi connectivity index (χ1) is 12.2. The van der Waals surface area contributed by atoms with Gasteiger partial charge in [0.25, 0.3) is 0 Å². The van der Waals surface area contributed by atoms with Crippen LogP contribution >= 0.6 is 0 Å². The lowest BCUT2D eigenvalue weighted by Gasteiger charge is -2.35. The van der Waals surface area contributed by atoms with Gasteiger partial charge < -0.3 is 14.8 Å². The predicted molar refractivity (Wildman–Crippen MR) is 95.4 cm³/mol. The molecule has 1 aliphatic carbocycles. The van der Waals surface area contributed by atoms with Crippen LogP contribution in [0.4, 0.5) is 0 Å². The fourth-order valence-electron chi connectivity index (χ4n) is 4.29. The Morgan fingerprint density at radius 1 is 1.32 bits per heavy atom. The van der Waals surface area contributed by atoms with Gasteiger partial charge in [-0.2, -0.15) is 0 Å². The number of carbonyl (C=O) groups excluding carboxylic acids is 1. The fourth-order valence-corrected chi connectivity index (χ4v) is 4.29. The van der Waals surface area contributed by atoms with Crippen molar-refractivity contribution in [3.05, 3.63) is 29.8 Å².